The van der Waals surface area contributed by atoms with Gasteiger partial charge in [-0.3, -0.25) is 14.5 Å². The van der Waals surface area contributed by atoms with Crippen LogP contribution in [-0.2, 0) is 9.59 Å². The van der Waals surface area contributed by atoms with E-state index in [-0.39, 0.29) is 27.8 Å². The number of thiocarbonyl (C=S) groups is 1. The van der Waals surface area contributed by atoms with Crippen LogP contribution in [0.3, 0.4) is 0 Å². The average molecular weight is 561 g/mol. The molecular weight excluding hydrogens is 542 g/mol. The van der Waals surface area contributed by atoms with Crippen molar-refractivity contribution < 1.29 is 33.4 Å². The first kappa shape index (κ1) is 26.6. The lowest BCUT2D eigenvalue weighted by molar-refractivity contribution is -0.130. The quantitative estimate of drug-likeness (QED) is 0.264. The Morgan fingerprint density at radius 1 is 1.08 bits per heavy atom. The number of hydrogen-bond donors (Lipinski definition) is 3. The molecule has 2 amide bonds. The highest BCUT2D eigenvalue weighted by atomic mass is 32.2. The second-order valence-corrected chi connectivity index (χ2v) is 10.4. The maximum Gasteiger partial charge on any atom is 0.335 e. The normalized spacial score (nSPS) is 15.3. The fraction of sp³-hybridized carbons (Fsp3) is 0.120. The Balaban J connectivity index is 1.52. The van der Waals surface area contributed by atoms with Gasteiger partial charge in [0.05, 0.1) is 10.5 Å². The van der Waals surface area contributed by atoms with Crippen LogP contribution in [-0.4, -0.2) is 49.9 Å². The molecule has 3 N–H and O–H groups in total. The van der Waals surface area contributed by atoms with Gasteiger partial charge >= 0.3 is 5.97 Å². The summed E-state index contributed by atoms with van der Waals surface area (Å²) in [5.74, 6) is -4.11. The number of amides is 2. The highest BCUT2D eigenvalue weighted by molar-refractivity contribution is 8.26. The van der Waals surface area contributed by atoms with Gasteiger partial charge in [-0.05, 0) is 65.0 Å². The minimum atomic E-state index is -1.11. The number of aromatic carboxylic acids is 1. The number of anilines is 1. The van der Waals surface area contributed by atoms with Gasteiger partial charge in [0.15, 0.2) is 11.6 Å². The lowest BCUT2D eigenvalue weighted by Crippen LogP contribution is -2.46. The van der Waals surface area contributed by atoms with Crippen LogP contribution < -0.4 is 5.32 Å². The van der Waals surface area contributed by atoms with Crippen LogP contribution in [0.15, 0.2) is 58.8 Å². The molecule has 4 rings (SSSR count). The first-order valence-corrected chi connectivity index (χ1v) is 12.8. The van der Waals surface area contributed by atoms with E-state index in [9.17, 15) is 28.3 Å². The van der Waals surface area contributed by atoms with Crippen LogP contribution in [0, 0.1) is 11.6 Å². The monoisotopic (exact) mass is 560 g/mol. The van der Waals surface area contributed by atoms with Crippen molar-refractivity contribution in [2.45, 2.75) is 12.5 Å². The molecule has 0 spiro atoms. The molecule has 7 nitrogen and oxygen atoms in total. The number of halogens is 2. The number of carbonyl (C=O) groups excluding carboxylic acids is 2. The van der Waals surface area contributed by atoms with Crippen molar-refractivity contribution in [1.29, 1.82) is 0 Å². The molecule has 12 heteroatoms. The smallest absolute Gasteiger partial charge is 0.335 e. The van der Waals surface area contributed by atoms with Crippen LogP contribution >= 0.6 is 35.3 Å². The Morgan fingerprint density at radius 3 is 2.46 bits per heavy atom. The molecule has 1 saturated heterocycles. The lowest BCUT2D eigenvalue weighted by Gasteiger charge is -2.25. The van der Waals surface area contributed by atoms with Crippen molar-refractivity contribution in [3.05, 3.63) is 80.9 Å². The number of carboxylic acids is 1. The van der Waals surface area contributed by atoms with Crippen molar-refractivity contribution >= 4 is 69.2 Å². The third-order valence-corrected chi connectivity index (χ3v) is 7.60. The van der Waals surface area contributed by atoms with Crippen LogP contribution in [0.5, 0.6) is 0 Å². The van der Waals surface area contributed by atoms with Crippen molar-refractivity contribution in [3.8, 4) is 11.1 Å². The standard InChI is InChI=1S/C25H18F2N2O5S3/c26-18-6-3-14(10-19(18)27)15-9-17(36-12-15)11-21-23(32)29(25(35)37-21)20(7-8-30)22(31)28-16-4-1-13(2-5-16)24(33)34/h1-6,9-12,20,30H,7-8H2,(H,28,31)(H,33,34)/t20-/m1/s1. The van der Waals surface area contributed by atoms with Crippen molar-refractivity contribution in [2.75, 3.05) is 11.9 Å². The molecule has 0 saturated carbocycles. The second-order valence-electron chi connectivity index (χ2n) is 7.82. The van der Waals surface area contributed by atoms with E-state index >= 15 is 0 Å². The third-order valence-electron chi connectivity index (χ3n) is 5.39. The fourth-order valence-corrected chi connectivity index (χ4v) is 5.83. The number of thioether (sulfide) groups is 1. The summed E-state index contributed by atoms with van der Waals surface area (Å²) in [5, 5.41) is 22.9. The minimum absolute atomic E-state index is 0.0493. The number of hydrogen-bond acceptors (Lipinski definition) is 7. The summed E-state index contributed by atoms with van der Waals surface area (Å²) in [6, 6.07) is 9.72. The Morgan fingerprint density at radius 2 is 1.81 bits per heavy atom. The molecule has 1 aromatic heterocycles. The number of aliphatic hydroxyl groups is 1. The van der Waals surface area contributed by atoms with Gasteiger partial charge in [-0.1, -0.05) is 30.0 Å². The van der Waals surface area contributed by atoms with E-state index in [1.54, 1.807) is 17.5 Å². The maximum atomic E-state index is 13.6. The third kappa shape index (κ3) is 5.93. The van der Waals surface area contributed by atoms with Gasteiger partial charge in [0, 0.05) is 23.6 Å². The molecular formula is C25H18F2N2O5S3. The van der Waals surface area contributed by atoms with E-state index in [1.165, 1.54) is 41.7 Å². The Bertz CT molecular complexity index is 1420. The lowest BCUT2D eigenvalue weighted by atomic mass is 10.1. The van der Waals surface area contributed by atoms with E-state index in [4.69, 9.17) is 17.3 Å². The Kier molecular flexibility index (Phi) is 8.13. The molecule has 2 aromatic carbocycles. The van der Waals surface area contributed by atoms with Crippen LogP contribution in [0.1, 0.15) is 21.7 Å². The molecule has 0 unspecified atom stereocenters. The molecule has 37 heavy (non-hydrogen) atoms. The number of benzene rings is 2. The summed E-state index contributed by atoms with van der Waals surface area (Å²) in [6.07, 6.45) is 1.53. The first-order valence-electron chi connectivity index (χ1n) is 10.7. The molecule has 190 valence electrons. The van der Waals surface area contributed by atoms with E-state index in [0.717, 1.165) is 28.8 Å². The zero-order valence-electron chi connectivity index (χ0n) is 18.8. The molecule has 0 aliphatic carbocycles. The SMILES string of the molecule is O=C(O)c1ccc(NC(=O)[C@@H](CCO)N2C(=O)C(=Cc3cc(-c4ccc(F)c(F)c4)cs3)SC2=S)cc1. The highest BCUT2D eigenvalue weighted by Gasteiger charge is 2.40. The van der Waals surface area contributed by atoms with Gasteiger partial charge in [0.1, 0.15) is 10.4 Å². The largest absolute Gasteiger partial charge is 0.478 e. The van der Waals surface area contributed by atoms with Gasteiger partial charge in [-0.2, -0.15) is 0 Å². The number of rotatable bonds is 8. The van der Waals surface area contributed by atoms with Gasteiger partial charge < -0.3 is 15.5 Å². The summed E-state index contributed by atoms with van der Waals surface area (Å²) in [4.78, 5) is 39.3. The average Bonchev–Trinajstić information content (AvgIpc) is 3.44. The Hall–Kier alpha value is -3.45. The van der Waals surface area contributed by atoms with E-state index in [2.05, 4.69) is 5.32 Å². The van der Waals surface area contributed by atoms with E-state index < -0.39 is 35.5 Å². The zero-order valence-corrected chi connectivity index (χ0v) is 21.3. The van der Waals surface area contributed by atoms with E-state index in [1.807, 2.05) is 0 Å². The first-order chi connectivity index (χ1) is 17.7. The summed E-state index contributed by atoms with van der Waals surface area (Å²) < 4.78 is 27.0. The summed E-state index contributed by atoms with van der Waals surface area (Å²) >= 11 is 7.67. The number of nitrogens with zero attached hydrogens (tertiary/aromatic N) is 1. The molecule has 0 bridgehead atoms. The van der Waals surface area contributed by atoms with Gasteiger partial charge in [0.25, 0.3) is 5.91 Å². The maximum absolute atomic E-state index is 13.6. The van der Waals surface area contributed by atoms with E-state index in [0.29, 0.717) is 21.7 Å². The van der Waals surface area contributed by atoms with Gasteiger partial charge in [-0.25, -0.2) is 13.6 Å². The predicted molar refractivity (Wildman–Crippen MR) is 142 cm³/mol. The van der Waals surface area contributed by atoms with Crippen molar-refractivity contribution in [3.63, 3.8) is 0 Å². The second kappa shape index (κ2) is 11.3. The van der Waals surface area contributed by atoms with Crippen molar-refractivity contribution in [2.24, 2.45) is 0 Å². The van der Waals surface area contributed by atoms with Gasteiger partial charge in [-0.15, -0.1) is 11.3 Å². The molecule has 1 aliphatic heterocycles. The molecule has 3 aromatic rings. The molecule has 0 radical (unpaired) electrons. The molecule has 1 fully saturated rings. The summed E-state index contributed by atoms with van der Waals surface area (Å²) in [7, 11) is 0. The minimum Gasteiger partial charge on any atom is -0.478 e. The topological polar surface area (TPSA) is 107 Å². The Labute approximate surface area is 223 Å². The van der Waals surface area contributed by atoms with Crippen LogP contribution in [0.4, 0.5) is 14.5 Å². The number of carboxylic acid groups (broad SMARTS) is 1. The van der Waals surface area contributed by atoms with Crippen LogP contribution in [0.25, 0.3) is 17.2 Å². The predicted octanol–water partition coefficient (Wildman–Crippen LogP) is 4.98. The number of carbonyl (C=O) groups is 3. The number of nitrogens with one attached hydrogen (secondary N) is 1. The molecule has 1 atom stereocenters. The van der Waals surface area contributed by atoms with Crippen molar-refractivity contribution in [1.82, 2.24) is 4.90 Å². The van der Waals surface area contributed by atoms with Crippen LogP contribution in [0.2, 0.25) is 0 Å². The number of aliphatic hydroxyl groups excluding tert-OH is 1. The molecule has 1 aliphatic rings. The summed E-state index contributed by atoms with van der Waals surface area (Å²) in [5.41, 5.74) is 1.51. The number of thiophene rings is 1. The fourth-order valence-electron chi connectivity index (χ4n) is 3.55. The van der Waals surface area contributed by atoms with Gasteiger partial charge in [0.2, 0.25) is 5.91 Å². The zero-order chi connectivity index (χ0) is 26.7. The summed E-state index contributed by atoms with van der Waals surface area (Å²) in [6.45, 7) is -0.380. The highest BCUT2D eigenvalue weighted by Crippen LogP contribution is 2.37. The molecule has 2 heterocycles.